The maximum Gasteiger partial charge on any atom is 0.274 e. The minimum Gasteiger partial charge on any atom is -0.491 e. The number of anilines is 2. The molecule has 34 heavy (non-hydrogen) atoms. The van der Waals surface area contributed by atoms with Crippen molar-refractivity contribution in [3.63, 3.8) is 0 Å². The van der Waals surface area contributed by atoms with Crippen LogP contribution in [0, 0.1) is 5.41 Å². The van der Waals surface area contributed by atoms with Crippen molar-refractivity contribution in [2.24, 2.45) is 19.1 Å². The second kappa shape index (κ2) is 8.60. The average Bonchev–Trinajstić information content (AvgIpc) is 3.66. The van der Waals surface area contributed by atoms with E-state index in [0.29, 0.717) is 51.7 Å². The molecule has 4 heterocycles. The van der Waals surface area contributed by atoms with Crippen molar-refractivity contribution in [1.29, 1.82) is 5.41 Å². The van der Waals surface area contributed by atoms with Crippen molar-refractivity contribution in [2.45, 2.75) is 18.8 Å². The van der Waals surface area contributed by atoms with Gasteiger partial charge >= 0.3 is 0 Å². The Morgan fingerprint density at radius 3 is 2.85 bits per heavy atom. The molecule has 11 heteroatoms. The van der Waals surface area contributed by atoms with Gasteiger partial charge in [-0.3, -0.25) is 15.1 Å². The molecule has 0 unspecified atom stereocenters. The van der Waals surface area contributed by atoms with Crippen LogP contribution >= 0.6 is 0 Å². The molecule has 5 rings (SSSR count). The monoisotopic (exact) mass is 461 g/mol. The number of aryl methyl sites for hydroxylation is 2. The number of nitrogens with one attached hydrogen (secondary N) is 2. The summed E-state index contributed by atoms with van der Waals surface area (Å²) in [6, 6.07) is 1.90. The SMILES string of the molecule is COc1c(O/C(C=N)=C2\C=NC=C[NH2+]2)cnc2nc(Nc3cc(C4CC4)cn(C)c3=O)n(C)c12. The summed E-state index contributed by atoms with van der Waals surface area (Å²) in [4.78, 5) is 25.8. The van der Waals surface area contributed by atoms with Crippen molar-refractivity contribution in [3.05, 3.63) is 58.2 Å². The number of quaternary nitrogens is 1. The highest BCUT2D eigenvalue weighted by molar-refractivity contribution is 5.88. The van der Waals surface area contributed by atoms with Crippen LogP contribution in [0.15, 0.2) is 52.1 Å². The van der Waals surface area contributed by atoms with E-state index in [9.17, 15) is 4.79 Å². The van der Waals surface area contributed by atoms with E-state index in [1.54, 1.807) is 40.1 Å². The number of pyridine rings is 2. The molecule has 174 valence electrons. The standard InChI is InChI=1S/C23H24N8O3/c1-30-12-14(13-4-5-13)8-15(22(30)32)28-23-29-21-19(31(23)2)20(33-3)18(11-27-21)34-17(9-24)16-10-25-6-7-26-16/h6-13,24,26H,4-5H2,1-3H3,(H,27,28,29)/p+1/b17-16+,24-9?. The molecule has 0 bridgehead atoms. The normalized spacial score (nSPS) is 16.6. The van der Waals surface area contributed by atoms with Gasteiger partial charge in [-0.15, -0.1) is 0 Å². The quantitative estimate of drug-likeness (QED) is 0.362. The molecule has 4 N–H and O–H groups in total. The molecule has 2 aliphatic rings. The number of nitrogens with two attached hydrogens (primary N) is 1. The van der Waals surface area contributed by atoms with Crippen molar-refractivity contribution in [3.8, 4) is 11.5 Å². The van der Waals surface area contributed by atoms with E-state index in [4.69, 9.17) is 14.9 Å². The third-order valence-electron chi connectivity index (χ3n) is 5.82. The van der Waals surface area contributed by atoms with Crippen LogP contribution in [0.5, 0.6) is 11.5 Å². The lowest BCUT2D eigenvalue weighted by Crippen LogP contribution is -2.77. The minimum atomic E-state index is -0.137. The van der Waals surface area contributed by atoms with Gasteiger partial charge in [-0.25, -0.2) is 4.98 Å². The fraction of sp³-hybridized carbons (Fsp3) is 0.261. The lowest BCUT2D eigenvalue weighted by molar-refractivity contribution is -0.528. The molecule has 3 aromatic rings. The Balaban J connectivity index is 1.54. The fourth-order valence-electron chi connectivity index (χ4n) is 3.89. The van der Waals surface area contributed by atoms with Crippen molar-refractivity contribution < 1.29 is 14.8 Å². The predicted octanol–water partition coefficient (Wildman–Crippen LogP) is 1.66. The summed E-state index contributed by atoms with van der Waals surface area (Å²) < 4.78 is 15.0. The molecule has 1 saturated carbocycles. The van der Waals surface area contributed by atoms with Gasteiger partial charge < -0.3 is 29.3 Å². The van der Waals surface area contributed by atoms with Crippen LogP contribution in [-0.4, -0.2) is 38.6 Å². The van der Waals surface area contributed by atoms with E-state index in [0.717, 1.165) is 24.6 Å². The maximum atomic E-state index is 12.7. The van der Waals surface area contributed by atoms with Gasteiger partial charge in [0.15, 0.2) is 22.8 Å². The van der Waals surface area contributed by atoms with Gasteiger partial charge in [0.25, 0.3) is 5.56 Å². The first kappa shape index (κ1) is 21.6. The van der Waals surface area contributed by atoms with E-state index in [1.165, 1.54) is 13.3 Å². The van der Waals surface area contributed by atoms with Crippen molar-refractivity contribution in [1.82, 2.24) is 19.1 Å². The molecule has 0 aromatic carbocycles. The Hall–Kier alpha value is -4.25. The van der Waals surface area contributed by atoms with Crippen LogP contribution in [0.1, 0.15) is 24.3 Å². The second-order valence-electron chi connectivity index (χ2n) is 8.18. The topological polar surface area (TPSA) is 136 Å². The minimum absolute atomic E-state index is 0.137. The van der Waals surface area contributed by atoms with E-state index >= 15 is 0 Å². The number of aliphatic imine (C=N–C) groups is 1. The summed E-state index contributed by atoms with van der Waals surface area (Å²) in [6.07, 6.45) is 11.8. The third-order valence-corrected chi connectivity index (χ3v) is 5.82. The summed E-state index contributed by atoms with van der Waals surface area (Å²) in [5.74, 6) is 2.00. The molecule has 1 fully saturated rings. The van der Waals surface area contributed by atoms with E-state index in [2.05, 4.69) is 20.3 Å². The van der Waals surface area contributed by atoms with Gasteiger partial charge in [-0.1, -0.05) is 0 Å². The molecule has 0 saturated heterocycles. The first-order valence-corrected chi connectivity index (χ1v) is 10.8. The number of fused-ring (bicyclic) bond motifs is 1. The zero-order chi connectivity index (χ0) is 23.8. The number of nitrogens with zero attached hydrogens (tertiary/aromatic N) is 5. The van der Waals surface area contributed by atoms with E-state index in [1.807, 2.05) is 19.3 Å². The highest BCUT2D eigenvalue weighted by Gasteiger charge is 2.26. The fourth-order valence-corrected chi connectivity index (χ4v) is 3.89. The molecule has 0 spiro atoms. The molecule has 1 aliphatic heterocycles. The Morgan fingerprint density at radius 1 is 1.35 bits per heavy atom. The Kier molecular flexibility index (Phi) is 5.46. The van der Waals surface area contributed by atoms with Crippen LogP contribution in [0.4, 0.5) is 11.6 Å². The molecule has 1 aliphatic carbocycles. The summed E-state index contributed by atoms with van der Waals surface area (Å²) in [5.41, 5.74) is 3.13. The van der Waals surface area contributed by atoms with Crippen LogP contribution in [-0.2, 0) is 14.1 Å². The van der Waals surface area contributed by atoms with Gasteiger partial charge in [-0.2, -0.15) is 4.98 Å². The van der Waals surface area contributed by atoms with E-state index < -0.39 is 0 Å². The lowest BCUT2D eigenvalue weighted by atomic mass is 10.2. The predicted molar refractivity (Wildman–Crippen MR) is 128 cm³/mol. The van der Waals surface area contributed by atoms with Gasteiger partial charge in [0.05, 0.1) is 31.9 Å². The molecule has 0 radical (unpaired) electrons. The van der Waals surface area contributed by atoms with Gasteiger partial charge in [-0.05, 0) is 30.4 Å². The van der Waals surface area contributed by atoms with Crippen molar-refractivity contribution >= 4 is 35.2 Å². The molecule has 11 nitrogen and oxygen atoms in total. The summed E-state index contributed by atoms with van der Waals surface area (Å²) in [7, 11) is 5.09. The number of hydrogen-bond acceptors (Lipinski definition) is 8. The Labute approximate surface area is 195 Å². The summed E-state index contributed by atoms with van der Waals surface area (Å²) >= 11 is 0. The number of imidazole rings is 1. The number of rotatable bonds is 7. The first-order valence-electron chi connectivity index (χ1n) is 10.8. The zero-order valence-electron chi connectivity index (χ0n) is 19.1. The van der Waals surface area contributed by atoms with E-state index in [-0.39, 0.29) is 5.56 Å². The van der Waals surface area contributed by atoms with Crippen LogP contribution < -0.4 is 25.7 Å². The first-order chi connectivity index (χ1) is 16.5. The number of hydrogen-bond donors (Lipinski definition) is 3. The van der Waals surface area contributed by atoms with Crippen LogP contribution in [0.2, 0.25) is 0 Å². The maximum absolute atomic E-state index is 12.7. The summed E-state index contributed by atoms with van der Waals surface area (Å²) in [5, 5.41) is 12.7. The van der Waals surface area contributed by atoms with Gasteiger partial charge in [0.1, 0.15) is 17.4 Å². The number of aromatic nitrogens is 4. The Morgan fingerprint density at radius 2 is 2.18 bits per heavy atom. The largest absolute Gasteiger partial charge is 0.491 e. The number of ether oxygens (including phenoxy) is 2. The van der Waals surface area contributed by atoms with Gasteiger partial charge in [0, 0.05) is 20.3 Å². The number of methoxy groups -OCH3 is 1. The zero-order valence-corrected chi connectivity index (χ0v) is 19.1. The highest BCUT2D eigenvalue weighted by Crippen LogP contribution is 2.40. The average molecular weight is 462 g/mol. The Bertz CT molecular complexity index is 1440. The van der Waals surface area contributed by atoms with Crippen LogP contribution in [0.25, 0.3) is 11.2 Å². The molecule has 0 atom stereocenters. The number of allylic oxidation sites excluding steroid dienone is 2. The van der Waals surface area contributed by atoms with Gasteiger partial charge in [0.2, 0.25) is 11.7 Å². The second-order valence-corrected chi connectivity index (χ2v) is 8.18. The third kappa shape index (κ3) is 3.86. The molecular weight excluding hydrogens is 436 g/mol. The summed E-state index contributed by atoms with van der Waals surface area (Å²) in [6.45, 7) is 0. The van der Waals surface area contributed by atoms with Crippen molar-refractivity contribution in [2.75, 3.05) is 12.4 Å². The highest BCUT2D eigenvalue weighted by atomic mass is 16.5. The smallest absolute Gasteiger partial charge is 0.274 e. The molecule has 3 aromatic heterocycles. The molecular formula is C23H25N8O3+. The van der Waals surface area contributed by atoms with Crippen LogP contribution in [0.3, 0.4) is 0 Å². The lowest BCUT2D eigenvalue weighted by Gasteiger charge is -2.13. The molecule has 0 amide bonds.